The lowest BCUT2D eigenvalue weighted by molar-refractivity contribution is 0.269. The van der Waals surface area contributed by atoms with Crippen molar-refractivity contribution < 1.29 is 0 Å². The number of benzene rings is 1. The number of hydrogen-bond donors (Lipinski definition) is 1. The zero-order chi connectivity index (χ0) is 14.1. The first-order valence-electron chi connectivity index (χ1n) is 7.82. The molecule has 1 fully saturated rings. The maximum absolute atomic E-state index is 5.49. The van der Waals surface area contributed by atoms with Gasteiger partial charge in [0.1, 0.15) is 0 Å². The van der Waals surface area contributed by atoms with E-state index in [9.17, 15) is 0 Å². The Bertz CT molecular complexity index is 645. The van der Waals surface area contributed by atoms with Crippen molar-refractivity contribution in [3.63, 3.8) is 0 Å². The van der Waals surface area contributed by atoms with Gasteiger partial charge in [-0.05, 0) is 55.1 Å². The molecule has 108 valence electrons. The second-order valence-corrected chi connectivity index (χ2v) is 6.90. The number of rotatable bonds is 3. The molecule has 3 rings (SSSR count). The Morgan fingerprint density at radius 1 is 1.25 bits per heavy atom. The molecule has 1 aliphatic rings. The molecule has 0 spiro atoms. The largest absolute Gasteiger partial charge is 0.331 e. The number of fused-ring (bicyclic) bond motifs is 1. The van der Waals surface area contributed by atoms with E-state index in [0.717, 1.165) is 23.2 Å². The van der Waals surface area contributed by atoms with Gasteiger partial charge < -0.3 is 9.55 Å². The van der Waals surface area contributed by atoms with Crippen LogP contribution < -0.4 is 0 Å². The van der Waals surface area contributed by atoms with Crippen LogP contribution in [0.4, 0.5) is 0 Å². The lowest BCUT2D eigenvalue weighted by Crippen LogP contribution is -2.14. The first-order valence-corrected chi connectivity index (χ1v) is 8.23. The molecular weight excluding hydrogens is 264 g/mol. The van der Waals surface area contributed by atoms with Crippen LogP contribution >= 0.6 is 12.2 Å². The van der Waals surface area contributed by atoms with Crippen LogP contribution in [0.3, 0.4) is 0 Å². The Balaban J connectivity index is 1.74. The molecule has 1 heterocycles. The van der Waals surface area contributed by atoms with E-state index < -0.39 is 0 Å². The lowest BCUT2D eigenvalue weighted by atomic mass is 9.81. The zero-order valence-corrected chi connectivity index (χ0v) is 13.3. The fourth-order valence-electron chi connectivity index (χ4n) is 3.43. The van der Waals surface area contributed by atoms with Crippen molar-refractivity contribution in [3.8, 4) is 0 Å². The molecule has 0 amide bonds. The third kappa shape index (κ3) is 2.83. The highest BCUT2D eigenvalue weighted by atomic mass is 32.1. The first kappa shape index (κ1) is 13.9. The van der Waals surface area contributed by atoms with E-state index in [1.807, 2.05) is 0 Å². The van der Waals surface area contributed by atoms with Gasteiger partial charge in [0.05, 0.1) is 11.0 Å². The number of nitrogens with one attached hydrogen (secondary N) is 1. The molecule has 0 radical (unpaired) electrons. The van der Waals surface area contributed by atoms with Gasteiger partial charge in [-0.15, -0.1) is 0 Å². The fraction of sp³-hybridized carbons (Fsp3) is 0.588. The molecule has 0 bridgehead atoms. The third-order valence-corrected chi connectivity index (χ3v) is 5.15. The number of aromatic amines is 1. The molecule has 0 unspecified atom stereocenters. The lowest BCUT2D eigenvalue weighted by Gasteiger charge is -2.26. The van der Waals surface area contributed by atoms with Gasteiger partial charge in [0.15, 0.2) is 4.77 Å². The predicted molar refractivity (Wildman–Crippen MR) is 87.6 cm³/mol. The molecule has 1 aromatic carbocycles. The van der Waals surface area contributed by atoms with Crippen molar-refractivity contribution in [2.24, 2.45) is 11.8 Å². The number of hydrogen-bond acceptors (Lipinski definition) is 1. The first-order chi connectivity index (χ1) is 9.63. The summed E-state index contributed by atoms with van der Waals surface area (Å²) in [5, 5.41) is 0. The van der Waals surface area contributed by atoms with Crippen LogP contribution in [-0.2, 0) is 6.54 Å². The van der Waals surface area contributed by atoms with Crippen LogP contribution in [0.2, 0.25) is 0 Å². The van der Waals surface area contributed by atoms with Gasteiger partial charge in [-0.1, -0.05) is 38.7 Å². The molecule has 1 saturated carbocycles. The number of aromatic nitrogens is 2. The molecule has 2 aromatic rings. The molecule has 0 aliphatic heterocycles. The van der Waals surface area contributed by atoms with Gasteiger partial charge in [0.25, 0.3) is 0 Å². The Hall–Kier alpha value is -1.09. The second kappa shape index (κ2) is 5.72. The third-order valence-electron chi connectivity index (χ3n) is 4.83. The van der Waals surface area contributed by atoms with Crippen LogP contribution in [0.15, 0.2) is 18.2 Å². The van der Waals surface area contributed by atoms with Crippen molar-refractivity contribution >= 4 is 23.3 Å². The molecule has 0 saturated heterocycles. The van der Waals surface area contributed by atoms with E-state index in [2.05, 4.69) is 41.6 Å². The summed E-state index contributed by atoms with van der Waals surface area (Å²) in [4.78, 5) is 3.34. The van der Waals surface area contributed by atoms with Crippen LogP contribution in [0.5, 0.6) is 0 Å². The minimum absolute atomic E-state index is 0.870. The Labute approximate surface area is 126 Å². The number of H-pyrrole nitrogens is 1. The highest BCUT2D eigenvalue weighted by molar-refractivity contribution is 7.71. The summed E-state index contributed by atoms with van der Waals surface area (Å²) < 4.78 is 3.15. The second-order valence-electron chi connectivity index (χ2n) is 6.52. The molecular formula is C17H24N2S. The maximum atomic E-state index is 5.49. The highest BCUT2D eigenvalue weighted by Crippen LogP contribution is 2.31. The minimum atomic E-state index is 0.870. The minimum Gasteiger partial charge on any atom is -0.331 e. The SMILES string of the molecule is Cc1ccc2c(c1)[nH]c(=S)n2CCC1CCC(C)CC1. The van der Waals surface area contributed by atoms with Gasteiger partial charge >= 0.3 is 0 Å². The monoisotopic (exact) mass is 288 g/mol. The van der Waals surface area contributed by atoms with Crippen LogP contribution in [0.1, 0.15) is 44.6 Å². The van der Waals surface area contributed by atoms with Gasteiger partial charge in [-0.2, -0.15) is 0 Å². The van der Waals surface area contributed by atoms with Gasteiger partial charge in [-0.25, -0.2) is 0 Å². The van der Waals surface area contributed by atoms with E-state index >= 15 is 0 Å². The van der Waals surface area contributed by atoms with Crippen LogP contribution in [0.25, 0.3) is 11.0 Å². The molecule has 1 aliphatic carbocycles. The zero-order valence-electron chi connectivity index (χ0n) is 12.5. The van der Waals surface area contributed by atoms with Gasteiger partial charge in [0.2, 0.25) is 0 Å². The topological polar surface area (TPSA) is 20.7 Å². The molecule has 2 nitrogen and oxygen atoms in total. The molecule has 20 heavy (non-hydrogen) atoms. The molecule has 1 aromatic heterocycles. The summed E-state index contributed by atoms with van der Waals surface area (Å²) in [6.45, 7) is 5.56. The van der Waals surface area contributed by atoms with E-state index in [1.54, 1.807) is 0 Å². The van der Waals surface area contributed by atoms with Crippen LogP contribution in [-0.4, -0.2) is 9.55 Å². The van der Waals surface area contributed by atoms with Crippen molar-refractivity contribution in [2.45, 2.75) is 52.5 Å². The summed E-state index contributed by atoms with van der Waals surface area (Å²) in [5.41, 5.74) is 3.71. The van der Waals surface area contributed by atoms with E-state index in [4.69, 9.17) is 12.2 Å². The molecule has 3 heteroatoms. The van der Waals surface area contributed by atoms with Crippen molar-refractivity contribution in [1.29, 1.82) is 0 Å². The Kier molecular flexibility index (Phi) is 3.97. The van der Waals surface area contributed by atoms with Crippen molar-refractivity contribution in [1.82, 2.24) is 9.55 Å². The summed E-state index contributed by atoms with van der Waals surface area (Å²) in [5.74, 6) is 1.83. The van der Waals surface area contributed by atoms with E-state index in [0.29, 0.717) is 0 Å². The Morgan fingerprint density at radius 2 is 2.00 bits per heavy atom. The van der Waals surface area contributed by atoms with Crippen molar-refractivity contribution in [2.75, 3.05) is 0 Å². The summed E-state index contributed by atoms with van der Waals surface area (Å²) in [6, 6.07) is 6.55. The van der Waals surface area contributed by atoms with E-state index in [-0.39, 0.29) is 0 Å². The Morgan fingerprint density at radius 3 is 2.75 bits per heavy atom. The summed E-state index contributed by atoms with van der Waals surface area (Å²) in [7, 11) is 0. The predicted octanol–water partition coefficient (Wildman–Crippen LogP) is 5.22. The smallest absolute Gasteiger partial charge is 0.178 e. The van der Waals surface area contributed by atoms with Gasteiger partial charge in [-0.3, -0.25) is 0 Å². The molecule has 0 atom stereocenters. The molecule has 1 N–H and O–H groups in total. The average Bonchev–Trinajstić information content (AvgIpc) is 2.73. The standard InChI is InChI=1S/C17H24N2S/c1-12-3-6-14(7-4-12)9-10-19-16-8-5-13(2)11-15(16)18-17(19)20/h5,8,11-12,14H,3-4,6-7,9-10H2,1-2H3,(H,18,20). The average molecular weight is 288 g/mol. The summed E-state index contributed by atoms with van der Waals surface area (Å²) in [6.07, 6.45) is 6.88. The van der Waals surface area contributed by atoms with Gasteiger partial charge in [0, 0.05) is 6.54 Å². The number of imidazole rings is 1. The van der Waals surface area contributed by atoms with E-state index in [1.165, 1.54) is 48.7 Å². The highest BCUT2D eigenvalue weighted by Gasteiger charge is 2.18. The number of nitrogens with zero attached hydrogens (tertiary/aromatic N) is 1. The normalized spacial score (nSPS) is 23.3. The van der Waals surface area contributed by atoms with Crippen molar-refractivity contribution in [3.05, 3.63) is 28.5 Å². The summed E-state index contributed by atoms with van der Waals surface area (Å²) >= 11 is 5.49. The number of aryl methyl sites for hydroxylation is 2. The fourth-order valence-corrected chi connectivity index (χ4v) is 3.73. The maximum Gasteiger partial charge on any atom is 0.178 e. The van der Waals surface area contributed by atoms with Crippen LogP contribution in [0, 0.1) is 23.5 Å². The quantitative estimate of drug-likeness (QED) is 0.768.